The number of nitrogens with one attached hydrogen (secondary N) is 2. The van der Waals surface area contributed by atoms with E-state index in [2.05, 4.69) is 10.6 Å². The molecular formula is C16H19N3O3S. The Morgan fingerprint density at radius 2 is 1.83 bits per heavy atom. The van der Waals surface area contributed by atoms with Crippen LogP contribution in [0.2, 0.25) is 0 Å². The van der Waals surface area contributed by atoms with Crippen LogP contribution in [-0.4, -0.2) is 43.1 Å². The van der Waals surface area contributed by atoms with Crippen molar-refractivity contribution >= 4 is 29.2 Å². The van der Waals surface area contributed by atoms with Crippen molar-refractivity contribution in [1.82, 2.24) is 15.5 Å². The number of carbonyl (C=O) groups is 2. The predicted molar refractivity (Wildman–Crippen MR) is 90.8 cm³/mol. The molecule has 7 heteroatoms. The number of hydrogen-bond acceptors (Lipinski definition) is 4. The van der Waals surface area contributed by atoms with Crippen LogP contribution in [0, 0.1) is 0 Å². The maximum atomic E-state index is 12.5. The monoisotopic (exact) mass is 333 g/mol. The van der Waals surface area contributed by atoms with Crippen molar-refractivity contribution in [3.05, 3.63) is 46.7 Å². The topological polar surface area (TPSA) is 70.7 Å². The summed E-state index contributed by atoms with van der Waals surface area (Å²) in [5.74, 6) is -0.506. The average Bonchev–Trinajstić information content (AvgIpc) is 2.53. The van der Waals surface area contributed by atoms with Gasteiger partial charge in [-0.1, -0.05) is 12.1 Å². The number of carbonyl (C=O) groups excluding carboxylic acids is 2. The number of esters is 1. The van der Waals surface area contributed by atoms with Crippen LogP contribution in [0.1, 0.15) is 28.9 Å². The smallest absolute Gasteiger partial charge is 0.337 e. The number of nitrogens with zero attached hydrogens (tertiary/aromatic N) is 1. The third-order valence-corrected chi connectivity index (χ3v) is 3.79. The van der Waals surface area contributed by atoms with Gasteiger partial charge in [-0.05, 0) is 36.8 Å². The largest absolute Gasteiger partial charge is 0.465 e. The Morgan fingerprint density at radius 1 is 1.22 bits per heavy atom. The Kier molecular flexibility index (Phi) is 5.00. The fraction of sp³-hybridized carbons (Fsp3) is 0.312. The standard InChI is InChI=1S/C16H19N3O3S/c1-9-12(14(20)19(2)3)13(18-16(23)17-9)10-5-7-11(8-6-10)15(21)22-4/h5-8,13H,1-4H3,(H2,17,18,23)/t13-/m0/s1. The SMILES string of the molecule is COC(=O)c1ccc([C@@H]2NC(=S)NC(C)=C2C(=O)N(C)C)cc1. The lowest BCUT2D eigenvalue weighted by Crippen LogP contribution is -2.46. The minimum absolute atomic E-state index is 0.105. The van der Waals surface area contributed by atoms with E-state index in [4.69, 9.17) is 17.0 Å². The summed E-state index contributed by atoms with van der Waals surface area (Å²) >= 11 is 5.20. The molecule has 0 aliphatic carbocycles. The van der Waals surface area contributed by atoms with Crippen molar-refractivity contribution in [2.75, 3.05) is 21.2 Å². The number of methoxy groups -OCH3 is 1. The third-order valence-electron chi connectivity index (χ3n) is 3.57. The van der Waals surface area contributed by atoms with Crippen LogP contribution in [0.3, 0.4) is 0 Å². The first-order valence-electron chi connectivity index (χ1n) is 7.03. The van der Waals surface area contributed by atoms with E-state index in [0.29, 0.717) is 16.2 Å². The zero-order valence-corrected chi connectivity index (χ0v) is 14.3. The molecule has 6 nitrogen and oxygen atoms in total. The molecule has 0 fully saturated rings. The number of rotatable bonds is 3. The summed E-state index contributed by atoms with van der Waals surface area (Å²) in [6.07, 6.45) is 0. The summed E-state index contributed by atoms with van der Waals surface area (Å²) in [6.45, 7) is 1.82. The van der Waals surface area contributed by atoms with Crippen LogP contribution in [0.4, 0.5) is 0 Å². The Morgan fingerprint density at radius 3 is 2.35 bits per heavy atom. The molecule has 1 aliphatic rings. The van der Waals surface area contributed by atoms with E-state index in [1.54, 1.807) is 38.4 Å². The fourth-order valence-electron chi connectivity index (χ4n) is 2.40. The van der Waals surface area contributed by atoms with Crippen molar-refractivity contribution in [3.8, 4) is 0 Å². The lowest BCUT2D eigenvalue weighted by molar-refractivity contribution is -0.125. The summed E-state index contributed by atoms with van der Waals surface area (Å²) in [7, 11) is 4.74. The molecule has 2 rings (SSSR count). The highest BCUT2D eigenvalue weighted by Gasteiger charge is 2.30. The second-order valence-electron chi connectivity index (χ2n) is 5.38. The van der Waals surface area contributed by atoms with Gasteiger partial charge in [0.1, 0.15) is 0 Å². The minimum atomic E-state index is -0.401. The lowest BCUT2D eigenvalue weighted by Gasteiger charge is -2.31. The van der Waals surface area contributed by atoms with Crippen molar-refractivity contribution in [1.29, 1.82) is 0 Å². The molecule has 0 saturated heterocycles. The third kappa shape index (κ3) is 3.50. The summed E-state index contributed by atoms with van der Waals surface area (Å²) < 4.78 is 4.69. The molecule has 0 unspecified atom stereocenters. The average molecular weight is 333 g/mol. The highest BCUT2D eigenvalue weighted by Crippen LogP contribution is 2.28. The molecule has 1 atom stereocenters. The predicted octanol–water partition coefficient (Wildman–Crippen LogP) is 1.35. The van der Waals surface area contributed by atoms with Crippen LogP contribution < -0.4 is 10.6 Å². The van der Waals surface area contributed by atoms with Gasteiger partial charge in [0, 0.05) is 19.8 Å². The number of hydrogen-bond donors (Lipinski definition) is 2. The molecule has 1 heterocycles. The first kappa shape index (κ1) is 17.0. The van der Waals surface area contributed by atoms with Crippen molar-refractivity contribution in [2.45, 2.75) is 13.0 Å². The number of ether oxygens (including phenoxy) is 1. The Labute approximate surface area is 140 Å². The summed E-state index contributed by atoms with van der Waals surface area (Å²) in [6, 6.07) is 6.54. The van der Waals surface area contributed by atoms with E-state index in [9.17, 15) is 9.59 Å². The van der Waals surface area contributed by atoms with Crippen LogP contribution in [0.5, 0.6) is 0 Å². The van der Waals surface area contributed by atoms with Gasteiger partial charge in [-0.25, -0.2) is 4.79 Å². The molecule has 1 aromatic carbocycles. The van der Waals surface area contributed by atoms with Crippen LogP contribution in [0.15, 0.2) is 35.5 Å². The van der Waals surface area contributed by atoms with Crippen molar-refractivity contribution in [2.24, 2.45) is 0 Å². The zero-order chi connectivity index (χ0) is 17.1. The zero-order valence-electron chi connectivity index (χ0n) is 13.5. The molecule has 0 bridgehead atoms. The molecular weight excluding hydrogens is 314 g/mol. The van der Waals surface area contributed by atoms with Gasteiger partial charge < -0.3 is 20.3 Å². The molecule has 2 N–H and O–H groups in total. The number of benzene rings is 1. The van der Waals surface area contributed by atoms with Gasteiger partial charge in [0.05, 0.1) is 24.3 Å². The van der Waals surface area contributed by atoms with E-state index in [1.165, 1.54) is 12.0 Å². The van der Waals surface area contributed by atoms with E-state index in [0.717, 1.165) is 11.3 Å². The van der Waals surface area contributed by atoms with Crippen molar-refractivity contribution in [3.63, 3.8) is 0 Å². The first-order chi connectivity index (χ1) is 10.8. The van der Waals surface area contributed by atoms with E-state index in [-0.39, 0.29) is 11.9 Å². The van der Waals surface area contributed by atoms with Crippen LogP contribution >= 0.6 is 12.2 Å². The van der Waals surface area contributed by atoms with Gasteiger partial charge in [0.15, 0.2) is 5.11 Å². The Balaban J connectivity index is 2.42. The van der Waals surface area contributed by atoms with Gasteiger partial charge >= 0.3 is 5.97 Å². The highest BCUT2D eigenvalue weighted by atomic mass is 32.1. The van der Waals surface area contributed by atoms with Gasteiger partial charge in [0.2, 0.25) is 0 Å². The van der Waals surface area contributed by atoms with E-state index >= 15 is 0 Å². The van der Waals surface area contributed by atoms with E-state index < -0.39 is 5.97 Å². The summed E-state index contributed by atoms with van der Waals surface area (Å²) in [4.78, 5) is 25.5. The summed E-state index contributed by atoms with van der Waals surface area (Å²) in [5.41, 5.74) is 2.60. The first-order valence-corrected chi connectivity index (χ1v) is 7.44. The molecule has 0 aromatic heterocycles. The quantitative estimate of drug-likeness (QED) is 0.643. The molecule has 0 spiro atoms. The Bertz CT molecular complexity index is 680. The second kappa shape index (κ2) is 6.78. The lowest BCUT2D eigenvalue weighted by atomic mass is 9.94. The number of likely N-dealkylation sites (N-methyl/N-ethyl adjacent to an activating group) is 1. The van der Waals surface area contributed by atoms with Crippen LogP contribution in [0.25, 0.3) is 0 Å². The molecule has 1 aromatic rings. The van der Waals surface area contributed by atoms with Gasteiger partial charge in [0.25, 0.3) is 5.91 Å². The number of amides is 1. The molecule has 0 saturated carbocycles. The summed E-state index contributed by atoms with van der Waals surface area (Å²) in [5, 5.41) is 6.55. The minimum Gasteiger partial charge on any atom is -0.465 e. The fourth-order valence-corrected chi connectivity index (χ4v) is 2.67. The van der Waals surface area contributed by atoms with Gasteiger partial charge in [-0.3, -0.25) is 4.79 Å². The molecule has 0 radical (unpaired) electrons. The van der Waals surface area contributed by atoms with E-state index in [1.807, 2.05) is 6.92 Å². The molecule has 1 aliphatic heterocycles. The maximum Gasteiger partial charge on any atom is 0.337 e. The highest BCUT2D eigenvalue weighted by molar-refractivity contribution is 7.80. The number of thiocarbonyl (C=S) groups is 1. The maximum absolute atomic E-state index is 12.5. The molecule has 122 valence electrons. The molecule has 1 amide bonds. The second-order valence-corrected chi connectivity index (χ2v) is 5.79. The normalized spacial score (nSPS) is 17.2. The Hall–Kier alpha value is -2.41. The van der Waals surface area contributed by atoms with Crippen LogP contribution in [-0.2, 0) is 9.53 Å². The molecule has 23 heavy (non-hydrogen) atoms. The van der Waals surface area contributed by atoms with Crippen molar-refractivity contribution < 1.29 is 14.3 Å². The van der Waals surface area contributed by atoms with Gasteiger partial charge in [-0.15, -0.1) is 0 Å². The number of allylic oxidation sites excluding steroid dienone is 1. The van der Waals surface area contributed by atoms with Gasteiger partial charge in [-0.2, -0.15) is 0 Å².